The summed E-state index contributed by atoms with van der Waals surface area (Å²) < 4.78 is 10.9. The molecule has 5 nitrogen and oxygen atoms in total. The fourth-order valence-corrected chi connectivity index (χ4v) is 1.92. The number of aliphatic hydroxyl groups is 3. The maximum absolute atomic E-state index is 9.80. The molecule has 0 aliphatic carbocycles. The van der Waals surface area contributed by atoms with E-state index in [0.717, 1.165) is 5.56 Å². The van der Waals surface area contributed by atoms with Crippen molar-refractivity contribution in [2.24, 2.45) is 0 Å². The summed E-state index contributed by atoms with van der Waals surface area (Å²) in [5.74, 6) is 0. The van der Waals surface area contributed by atoms with E-state index in [1.54, 1.807) is 0 Å². The third kappa shape index (κ3) is 2.88. The first-order valence-corrected chi connectivity index (χ1v) is 5.96. The van der Waals surface area contributed by atoms with Crippen LogP contribution >= 0.6 is 0 Å². The summed E-state index contributed by atoms with van der Waals surface area (Å²) in [7, 11) is 0. The SMILES string of the molecule is C[C@H](O)C(O)[C@H]1O[C@H](c2ccccc2)OC[C@H]1O. The van der Waals surface area contributed by atoms with Gasteiger partial charge in [-0.15, -0.1) is 0 Å². The third-order valence-electron chi connectivity index (χ3n) is 2.98. The number of rotatable bonds is 3. The zero-order valence-corrected chi connectivity index (χ0v) is 10.1. The fraction of sp³-hybridized carbons (Fsp3) is 0.538. The lowest BCUT2D eigenvalue weighted by molar-refractivity contribution is -0.282. The van der Waals surface area contributed by atoms with Crippen molar-refractivity contribution in [3.8, 4) is 0 Å². The van der Waals surface area contributed by atoms with Crippen molar-refractivity contribution in [3.05, 3.63) is 35.9 Å². The second-order valence-corrected chi connectivity index (χ2v) is 4.48. The number of hydrogen-bond donors (Lipinski definition) is 3. The maximum atomic E-state index is 9.80. The molecule has 18 heavy (non-hydrogen) atoms. The highest BCUT2D eigenvalue weighted by atomic mass is 16.7. The lowest BCUT2D eigenvalue weighted by atomic mass is 10.0. The van der Waals surface area contributed by atoms with Gasteiger partial charge in [0.05, 0.1) is 12.7 Å². The molecule has 1 unspecified atom stereocenters. The van der Waals surface area contributed by atoms with Gasteiger partial charge < -0.3 is 24.8 Å². The first-order chi connectivity index (χ1) is 8.59. The van der Waals surface area contributed by atoms with Gasteiger partial charge in [0.1, 0.15) is 18.3 Å². The van der Waals surface area contributed by atoms with Gasteiger partial charge in [0.2, 0.25) is 0 Å². The number of aliphatic hydroxyl groups excluding tert-OH is 3. The maximum Gasteiger partial charge on any atom is 0.184 e. The highest BCUT2D eigenvalue weighted by Crippen LogP contribution is 2.28. The van der Waals surface area contributed by atoms with Crippen LogP contribution < -0.4 is 0 Å². The Labute approximate surface area is 106 Å². The van der Waals surface area contributed by atoms with Crippen LogP contribution in [0, 0.1) is 0 Å². The van der Waals surface area contributed by atoms with E-state index < -0.39 is 30.7 Å². The molecule has 5 atom stereocenters. The Morgan fingerprint density at radius 3 is 2.50 bits per heavy atom. The van der Waals surface area contributed by atoms with Crippen LogP contribution in [0.3, 0.4) is 0 Å². The molecule has 0 amide bonds. The molecule has 3 N–H and O–H groups in total. The Morgan fingerprint density at radius 2 is 1.89 bits per heavy atom. The normalized spacial score (nSPS) is 31.9. The van der Waals surface area contributed by atoms with Gasteiger partial charge in [-0.25, -0.2) is 0 Å². The summed E-state index contributed by atoms with van der Waals surface area (Å²) in [6.45, 7) is 1.52. The second kappa shape index (κ2) is 5.77. The minimum absolute atomic E-state index is 0.0635. The van der Waals surface area contributed by atoms with Crippen molar-refractivity contribution in [2.45, 2.75) is 37.6 Å². The van der Waals surface area contributed by atoms with Gasteiger partial charge in [0.25, 0.3) is 0 Å². The number of benzene rings is 1. The Morgan fingerprint density at radius 1 is 1.22 bits per heavy atom. The molecule has 1 saturated heterocycles. The van der Waals surface area contributed by atoms with Crippen LogP contribution in [0.15, 0.2) is 30.3 Å². The van der Waals surface area contributed by atoms with E-state index in [2.05, 4.69) is 0 Å². The molecule has 0 saturated carbocycles. The summed E-state index contributed by atoms with van der Waals surface area (Å²) in [5.41, 5.74) is 0.812. The molecule has 1 fully saturated rings. The Bertz CT molecular complexity index is 367. The van der Waals surface area contributed by atoms with Crippen LogP contribution in [0.1, 0.15) is 18.8 Å². The van der Waals surface area contributed by atoms with E-state index in [0.29, 0.717) is 0 Å². The highest BCUT2D eigenvalue weighted by Gasteiger charge is 2.38. The van der Waals surface area contributed by atoms with E-state index in [9.17, 15) is 15.3 Å². The zero-order valence-electron chi connectivity index (χ0n) is 10.1. The predicted octanol–water partition coefficient (Wildman–Crippen LogP) is 0.203. The van der Waals surface area contributed by atoms with Gasteiger partial charge in [-0.3, -0.25) is 0 Å². The zero-order chi connectivity index (χ0) is 13.1. The molecule has 0 spiro atoms. The summed E-state index contributed by atoms with van der Waals surface area (Å²) in [5, 5.41) is 28.9. The second-order valence-electron chi connectivity index (χ2n) is 4.48. The molecule has 0 aromatic heterocycles. The summed E-state index contributed by atoms with van der Waals surface area (Å²) in [4.78, 5) is 0. The predicted molar refractivity (Wildman–Crippen MR) is 63.7 cm³/mol. The van der Waals surface area contributed by atoms with Gasteiger partial charge in [-0.05, 0) is 6.92 Å². The monoisotopic (exact) mass is 254 g/mol. The fourth-order valence-electron chi connectivity index (χ4n) is 1.92. The molecule has 0 bridgehead atoms. The van der Waals surface area contributed by atoms with E-state index in [1.165, 1.54) is 6.92 Å². The molecule has 1 aromatic carbocycles. The molecule has 100 valence electrons. The van der Waals surface area contributed by atoms with Crippen molar-refractivity contribution >= 4 is 0 Å². The minimum Gasteiger partial charge on any atom is -0.391 e. The molecule has 0 radical (unpaired) electrons. The molecular formula is C13H18O5. The highest BCUT2D eigenvalue weighted by molar-refractivity contribution is 5.16. The van der Waals surface area contributed by atoms with Crippen molar-refractivity contribution in [1.82, 2.24) is 0 Å². The van der Waals surface area contributed by atoms with E-state index >= 15 is 0 Å². The van der Waals surface area contributed by atoms with E-state index in [1.807, 2.05) is 30.3 Å². The average molecular weight is 254 g/mol. The topological polar surface area (TPSA) is 79.2 Å². The largest absolute Gasteiger partial charge is 0.391 e. The van der Waals surface area contributed by atoms with Crippen molar-refractivity contribution in [2.75, 3.05) is 6.61 Å². The first-order valence-electron chi connectivity index (χ1n) is 5.96. The molecule has 1 aromatic rings. The van der Waals surface area contributed by atoms with Crippen LogP contribution in [-0.4, -0.2) is 46.3 Å². The van der Waals surface area contributed by atoms with Crippen LogP contribution in [0.4, 0.5) is 0 Å². The lowest BCUT2D eigenvalue weighted by Gasteiger charge is -2.37. The molecule has 1 heterocycles. The van der Waals surface area contributed by atoms with Gasteiger partial charge >= 0.3 is 0 Å². The van der Waals surface area contributed by atoms with Gasteiger partial charge in [-0.1, -0.05) is 30.3 Å². The van der Waals surface area contributed by atoms with E-state index in [4.69, 9.17) is 9.47 Å². The van der Waals surface area contributed by atoms with Crippen LogP contribution in [0.25, 0.3) is 0 Å². The summed E-state index contributed by atoms with van der Waals surface area (Å²) in [6.07, 6.45) is -4.55. The van der Waals surface area contributed by atoms with Gasteiger partial charge in [-0.2, -0.15) is 0 Å². The van der Waals surface area contributed by atoms with Crippen LogP contribution in [0.2, 0.25) is 0 Å². The lowest BCUT2D eigenvalue weighted by Crippen LogP contribution is -2.50. The summed E-state index contributed by atoms with van der Waals surface area (Å²) >= 11 is 0. The van der Waals surface area contributed by atoms with Crippen LogP contribution in [-0.2, 0) is 9.47 Å². The minimum atomic E-state index is -1.14. The summed E-state index contributed by atoms with van der Waals surface area (Å²) in [6, 6.07) is 9.27. The number of ether oxygens (including phenoxy) is 2. The molecule has 1 aliphatic heterocycles. The molecular weight excluding hydrogens is 236 g/mol. The smallest absolute Gasteiger partial charge is 0.184 e. The molecule has 2 rings (SSSR count). The average Bonchev–Trinajstić information content (AvgIpc) is 2.39. The van der Waals surface area contributed by atoms with Crippen molar-refractivity contribution < 1.29 is 24.8 Å². The Hall–Kier alpha value is -0.980. The van der Waals surface area contributed by atoms with Gasteiger partial charge in [0.15, 0.2) is 6.29 Å². The molecule has 1 aliphatic rings. The van der Waals surface area contributed by atoms with Crippen molar-refractivity contribution in [1.29, 1.82) is 0 Å². The quantitative estimate of drug-likeness (QED) is 0.718. The van der Waals surface area contributed by atoms with Crippen LogP contribution in [0.5, 0.6) is 0 Å². The Balaban J connectivity index is 2.09. The first kappa shape index (κ1) is 13.5. The van der Waals surface area contributed by atoms with E-state index in [-0.39, 0.29) is 6.61 Å². The standard InChI is InChI=1S/C13H18O5/c1-8(14)11(16)12-10(15)7-17-13(18-12)9-5-3-2-4-6-9/h2-6,8,10-16H,7H2,1H3/t8-,10+,11?,12-,13+/m0/s1. The van der Waals surface area contributed by atoms with Gasteiger partial charge in [0, 0.05) is 5.56 Å². The van der Waals surface area contributed by atoms with Crippen molar-refractivity contribution in [3.63, 3.8) is 0 Å². The number of hydrogen-bond acceptors (Lipinski definition) is 5. The third-order valence-corrected chi connectivity index (χ3v) is 2.98. The molecule has 5 heteroatoms. The Kier molecular flexibility index (Phi) is 4.31.